The van der Waals surface area contributed by atoms with Gasteiger partial charge in [0.25, 0.3) is 0 Å². The summed E-state index contributed by atoms with van der Waals surface area (Å²) in [5.41, 5.74) is 3.11. The Bertz CT molecular complexity index is 1320. The number of aromatic nitrogens is 3. The molecule has 222 valence electrons. The number of anilines is 3. The second kappa shape index (κ2) is 13.4. The topological polar surface area (TPSA) is 86.2 Å². The molecular weight excluding hydrogens is 553 g/mol. The standard InChI is InChI=1S/C30H37F3N6O.ClH/c1-19(2)17-39-13-4-3-7-21(39)16-34-29-23(11-12-27(38-29)30(31,32)33)26-15-28(36-18-35-26)37-25-8-5-6-20-9-10-22(40)14-24(20)25;/h5-6,8,11-12,15,18-19,21-22,40H,3-4,7,9-10,13-14,16-17H2,1-2H3,(H,34,38)(H,35,36,37);1H/t21-,22-;/m0./s1. The molecule has 0 spiro atoms. The number of hydrogen-bond acceptors (Lipinski definition) is 7. The summed E-state index contributed by atoms with van der Waals surface area (Å²) in [4.78, 5) is 15.2. The molecule has 3 heterocycles. The molecule has 1 fully saturated rings. The van der Waals surface area contributed by atoms with Crippen LogP contribution in [0, 0.1) is 5.92 Å². The highest BCUT2D eigenvalue weighted by molar-refractivity contribution is 5.85. The number of nitrogens with zero attached hydrogens (tertiary/aromatic N) is 4. The Hall–Kier alpha value is -2.95. The van der Waals surface area contributed by atoms with Gasteiger partial charge in [-0.25, -0.2) is 15.0 Å². The monoisotopic (exact) mass is 590 g/mol. The third-order valence-electron chi connectivity index (χ3n) is 7.71. The normalized spacial score (nSPS) is 19.4. The highest BCUT2D eigenvalue weighted by atomic mass is 35.5. The Morgan fingerprint density at radius 2 is 1.93 bits per heavy atom. The first kappa shape index (κ1) is 31.0. The SMILES string of the molecule is CC(C)CN1CCCC[C@H]1CNc1nc(C(F)(F)F)ccc1-c1cc(Nc2cccc3c2C[C@@H](O)CC3)ncn1.Cl. The van der Waals surface area contributed by atoms with Crippen LogP contribution in [0.3, 0.4) is 0 Å². The lowest BCUT2D eigenvalue weighted by Gasteiger charge is -2.37. The second-order valence-electron chi connectivity index (χ2n) is 11.3. The molecule has 2 aliphatic rings. The van der Waals surface area contributed by atoms with E-state index in [1.165, 1.54) is 18.0 Å². The van der Waals surface area contributed by atoms with Gasteiger partial charge in [-0.05, 0) is 67.5 Å². The summed E-state index contributed by atoms with van der Waals surface area (Å²) in [5.74, 6) is 1.18. The molecule has 3 aromatic rings. The predicted octanol–water partition coefficient (Wildman–Crippen LogP) is 6.49. The average molecular weight is 591 g/mol. The fourth-order valence-electron chi connectivity index (χ4n) is 5.77. The molecule has 3 N–H and O–H groups in total. The molecule has 1 saturated heterocycles. The van der Waals surface area contributed by atoms with Gasteiger partial charge in [-0.2, -0.15) is 13.2 Å². The molecule has 2 atom stereocenters. The van der Waals surface area contributed by atoms with E-state index in [2.05, 4.69) is 50.4 Å². The van der Waals surface area contributed by atoms with Crippen molar-refractivity contribution < 1.29 is 18.3 Å². The number of aliphatic hydroxyl groups excluding tert-OH is 1. The van der Waals surface area contributed by atoms with Gasteiger partial charge >= 0.3 is 6.18 Å². The quantitative estimate of drug-likeness (QED) is 0.276. The van der Waals surface area contributed by atoms with Crippen molar-refractivity contribution in [2.45, 2.75) is 70.7 Å². The van der Waals surface area contributed by atoms with Gasteiger partial charge in [-0.3, -0.25) is 4.90 Å². The van der Waals surface area contributed by atoms with Gasteiger partial charge in [-0.1, -0.05) is 32.4 Å². The van der Waals surface area contributed by atoms with Crippen LogP contribution in [0.15, 0.2) is 42.7 Å². The number of rotatable bonds is 8. The third-order valence-corrected chi connectivity index (χ3v) is 7.71. The van der Waals surface area contributed by atoms with Gasteiger partial charge in [0.2, 0.25) is 0 Å². The van der Waals surface area contributed by atoms with E-state index in [-0.39, 0.29) is 30.4 Å². The lowest BCUT2D eigenvalue weighted by atomic mass is 9.88. The fraction of sp³-hybridized carbons (Fsp3) is 0.500. The van der Waals surface area contributed by atoms with E-state index >= 15 is 0 Å². The molecule has 41 heavy (non-hydrogen) atoms. The molecule has 7 nitrogen and oxygen atoms in total. The Balaban J connectivity index is 0.00000387. The van der Waals surface area contributed by atoms with Crippen LogP contribution in [0.1, 0.15) is 56.4 Å². The molecule has 1 aliphatic carbocycles. The molecule has 0 bridgehead atoms. The number of piperidine rings is 1. The second-order valence-corrected chi connectivity index (χ2v) is 11.3. The first-order valence-corrected chi connectivity index (χ1v) is 14.1. The van der Waals surface area contributed by atoms with Crippen LogP contribution in [0.25, 0.3) is 11.3 Å². The number of halogens is 4. The molecule has 0 radical (unpaired) electrons. The third kappa shape index (κ3) is 7.67. The summed E-state index contributed by atoms with van der Waals surface area (Å²) >= 11 is 0. The maximum Gasteiger partial charge on any atom is 0.433 e. The number of pyridine rings is 1. The number of fused-ring (bicyclic) bond motifs is 1. The van der Waals surface area contributed by atoms with Crippen LogP contribution in [-0.2, 0) is 19.0 Å². The van der Waals surface area contributed by atoms with Gasteiger partial charge in [0.15, 0.2) is 0 Å². The van der Waals surface area contributed by atoms with Crippen molar-refractivity contribution in [1.29, 1.82) is 0 Å². The maximum atomic E-state index is 13.6. The molecule has 0 saturated carbocycles. The zero-order valence-corrected chi connectivity index (χ0v) is 24.2. The predicted molar refractivity (Wildman–Crippen MR) is 158 cm³/mol. The minimum atomic E-state index is -4.56. The minimum absolute atomic E-state index is 0. The molecule has 0 amide bonds. The Kier molecular flexibility index (Phi) is 10.1. The van der Waals surface area contributed by atoms with Crippen LogP contribution in [0.2, 0.25) is 0 Å². The van der Waals surface area contributed by atoms with Crippen LogP contribution in [0.5, 0.6) is 0 Å². The van der Waals surface area contributed by atoms with Crippen LogP contribution >= 0.6 is 12.4 Å². The number of aliphatic hydroxyl groups is 1. The van der Waals surface area contributed by atoms with Gasteiger partial charge < -0.3 is 15.7 Å². The molecule has 1 aromatic carbocycles. The number of aryl methyl sites for hydroxylation is 1. The lowest BCUT2D eigenvalue weighted by molar-refractivity contribution is -0.141. The highest BCUT2D eigenvalue weighted by Crippen LogP contribution is 2.34. The summed E-state index contributed by atoms with van der Waals surface area (Å²) < 4.78 is 40.9. The Morgan fingerprint density at radius 1 is 1.10 bits per heavy atom. The van der Waals surface area contributed by atoms with Crippen molar-refractivity contribution in [1.82, 2.24) is 19.9 Å². The average Bonchev–Trinajstić information content (AvgIpc) is 2.92. The molecular formula is C30H38ClF3N6O. The summed E-state index contributed by atoms with van der Waals surface area (Å²) in [6.45, 7) is 6.81. The van der Waals surface area contributed by atoms with Crippen LogP contribution in [0.4, 0.5) is 30.5 Å². The van der Waals surface area contributed by atoms with E-state index in [4.69, 9.17) is 0 Å². The van der Waals surface area contributed by atoms with Crippen molar-refractivity contribution >= 4 is 29.7 Å². The van der Waals surface area contributed by atoms with Crippen molar-refractivity contribution in [2.24, 2.45) is 5.92 Å². The van der Waals surface area contributed by atoms with E-state index in [1.54, 1.807) is 6.07 Å². The minimum Gasteiger partial charge on any atom is -0.393 e. The highest BCUT2D eigenvalue weighted by Gasteiger charge is 2.33. The number of benzene rings is 1. The van der Waals surface area contributed by atoms with E-state index in [0.717, 1.165) is 62.5 Å². The van der Waals surface area contributed by atoms with Crippen molar-refractivity contribution in [3.8, 4) is 11.3 Å². The van der Waals surface area contributed by atoms with Gasteiger partial charge in [0, 0.05) is 42.9 Å². The van der Waals surface area contributed by atoms with E-state index in [1.807, 2.05) is 12.1 Å². The number of alkyl halides is 3. The van der Waals surface area contributed by atoms with Gasteiger partial charge in [-0.15, -0.1) is 12.4 Å². The molecule has 0 unspecified atom stereocenters. The van der Waals surface area contributed by atoms with E-state index in [9.17, 15) is 18.3 Å². The number of nitrogens with one attached hydrogen (secondary N) is 2. The zero-order valence-electron chi connectivity index (χ0n) is 23.4. The van der Waals surface area contributed by atoms with Gasteiger partial charge in [0.1, 0.15) is 23.7 Å². The molecule has 2 aromatic heterocycles. The van der Waals surface area contributed by atoms with E-state index in [0.29, 0.717) is 36.0 Å². The number of hydrogen-bond donors (Lipinski definition) is 3. The molecule has 1 aliphatic heterocycles. The Morgan fingerprint density at radius 3 is 2.71 bits per heavy atom. The fourth-order valence-corrected chi connectivity index (χ4v) is 5.77. The van der Waals surface area contributed by atoms with E-state index < -0.39 is 11.9 Å². The maximum absolute atomic E-state index is 13.6. The van der Waals surface area contributed by atoms with Gasteiger partial charge in [0.05, 0.1) is 11.8 Å². The molecule has 5 rings (SSSR count). The molecule has 11 heteroatoms. The summed E-state index contributed by atoms with van der Waals surface area (Å²) in [7, 11) is 0. The smallest absolute Gasteiger partial charge is 0.393 e. The summed E-state index contributed by atoms with van der Waals surface area (Å²) in [6, 6.07) is 10.4. The number of likely N-dealkylation sites (tertiary alicyclic amines) is 1. The Labute approximate surface area is 245 Å². The van der Waals surface area contributed by atoms with Crippen molar-refractivity contribution in [3.05, 3.63) is 59.5 Å². The first-order valence-electron chi connectivity index (χ1n) is 14.1. The van der Waals surface area contributed by atoms with Crippen molar-refractivity contribution in [3.63, 3.8) is 0 Å². The van der Waals surface area contributed by atoms with Crippen LogP contribution < -0.4 is 10.6 Å². The summed E-state index contributed by atoms with van der Waals surface area (Å²) in [5, 5.41) is 16.8. The van der Waals surface area contributed by atoms with Crippen molar-refractivity contribution in [2.75, 3.05) is 30.3 Å². The van der Waals surface area contributed by atoms with Crippen LogP contribution in [-0.4, -0.2) is 56.7 Å². The summed E-state index contributed by atoms with van der Waals surface area (Å²) in [6.07, 6.45) is 1.79. The largest absolute Gasteiger partial charge is 0.433 e. The lowest BCUT2D eigenvalue weighted by Crippen LogP contribution is -2.45. The zero-order chi connectivity index (χ0) is 28.3. The first-order chi connectivity index (χ1) is 19.2.